The maximum Gasteiger partial charge on any atom is 0.0970 e. The zero-order valence-corrected chi connectivity index (χ0v) is 13.2. The van der Waals surface area contributed by atoms with Crippen LogP contribution in [0.15, 0.2) is 23.8 Å². The molecule has 4 heteroatoms. The third kappa shape index (κ3) is 2.54. The highest BCUT2D eigenvalue weighted by Gasteiger charge is 2.33. The molecule has 108 valence electrons. The van der Waals surface area contributed by atoms with Gasteiger partial charge in [-0.2, -0.15) is 0 Å². The van der Waals surface area contributed by atoms with Gasteiger partial charge in [-0.3, -0.25) is 0 Å². The van der Waals surface area contributed by atoms with Gasteiger partial charge in [-0.1, -0.05) is 20.8 Å². The fraction of sp³-hybridized carbons (Fsp3) is 0.562. The van der Waals surface area contributed by atoms with Crippen molar-refractivity contribution in [2.75, 3.05) is 0 Å². The van der Waals surface area contributed by atoms with Crippen molar-refractivity contribution >= 4 is 11.3 Å². The van der Waals surface area contributed by atoms with Crippen LogP contribution in [-0.2, 0) is 13.0 Å². The van der Waals surface area contributed by atoms with Crippen LogP contribution in [0.4, 0.5) is 0 Å². The lowest BCUT2D eigenvalue weighted by molar-refractivity contribution is 0.0978. The van der Waals surface area contributed by atoms with Gasteiger partial charge in [-0.05, 0) is 24.3 Å². The first-order valence-electron chi connectivity index (χ1n) is 7.22. The lowest BCUT2D eigenvalue weighted by Gasteiger charge is -2.34. The molecule has 3 rings (SSSR count). The molecule has 2 atom stereocenters. The van der Waals surface area contributed by atoms with Crippen LogP contribution < -0.4 is 0 Å². The number of aromatic nitrogens is 2. The lowest BCUT2D eigenvalue weighted by atomic mass is 9.75. The van der Waals surface area contributed by atoms with Gasteiger partial charge in [0.05, 0.1) is 11.1 Å². The highest BCUT2D eigenvalue weighted by Crippen LogP contribution is 2.41. The van der Waals surface area contributed by atoms with Crippen molar-refractivity contribution in [3.05, 3.63) is 40.1 Å². The molecular weight excluding hydrogens is 268 g/mol. The van der Waals surface area contributed by atoms with Crippen molar-refractivity contribution in [1.82, 2.24) is 9.55 Å². The van der Waals surface area contributed by atoms with Crippen molar-refractivity contribution in [2.45, 2.75) is 52.2 Å². The molecule has 0 aliphatic heterocycles. The first kappa shape index (κ1) is 13.8. The number of nitrogens with zero attached hydrogens (tertiary/aromatic N) is 2. The van der Waals surface area contributed by atoms with Crippen molar-refractivity contribution in [2.24, 2.45) is 5.41 Å². The number of fused-ring (bicyclic) bond motifs is 1. The van der Waals surface area contributed by atoms with Gasteiger partial charge in [0.2, 0.25) is 0 Å². The number of rotatable bonds is 3. The van der Waals surface area contributed by atoms with Gasteiger partial charge in [-0.25, -0.2) is 4.98 Å². The molecule has 2 aromatic heterocycles. The van der Waals surface area contributed by atoms with E-state index in [1.165, 1.54) is 10.7 Å². The van der Waals surface area contributed by atoms with Crippen molar-refractivity contribution in [3.8, 4) is 0 Å². The van der Waals surface area contributed by atoms with Crippen LogP contribution in [-0.4, -0.2) is 14.7 Å². The van der Waals surface area contributed by atoms with E-state index >= 15 is 0 Å². The Bertz CT molecular complexity index is 586. The van der Waals surface area contributed by atoms with Gasteiger partial charge in [-0.15, -0.1) is 11.3 Å². The van der Waals surface area contributed by atoms with Gasteiger partial charge in [0.25, 0.3) is 0 Å². The highest BCUT2D eigenvalue weighted by atomic mass is 32.1. The molecule has 0 bridgehead atoms. The van der Waals surface area contributed by atoms with Crippen LogP contribution in [0, 0.1) is 5.41 Å². The van der Waals surface area contributed by atoms with E-state index in [0.717, 1.165) is 24.9 Å². The summed E-state index contributed by atoms with van der Waals surface area (Å²) in [6.45, 7) is 7.63. The van der Waals surface area contributed by atoms with Crippen LogP contribution in [0.3, 0.4) is 0 Å². The molecular formula is C16H22N2OS. The molecule has 2 unspecified atom stereocenters. The van der Waals surface area contributed by atoms with Gasteiger partial charge in [0.1, 0.15) is 0 Å². The molecule has 0 amide bonds. The summed E-state index contributed by atoms with van der Waals surface area (Å²) in [5.41, 5.74) is 2.60. The third-order valence-electron chi connectivity index (χ3n) is 4.21. The first-order chi connectivity index (χ1) is 9.46. The fourth-order valence-corrected chi connectivity index (χ4v) is 3.90. The summed E-state index contributed by atoms with van der Waals surface area (Å²) in [4.78, 5) is 4.41. The predicted octanol–water partition coefficient (Wildman–Crippen LogP) is 3.75. The molecule has 3 nitrogen and oxygen atoms in total. The lowest BCUT2D eigenvalue weighted by Crippen LogP contribution is -2.27. The van der Waals surface area contributed by atoms with Gasteiger partial charge >= 0.3 is 0 Å². The Kier molecular flexibility index (Phi) is 3.46. The quantitative estimate of drug-likeness (QED) is 0.934. The number of aliphatic hydroxyl groups excluding tert-OH is 1. The first-order valence-corrected chi connectivity index (χ1v) is 8.09. The van der Waals surface area contributed by atoms with Crippen LogP contribution >= 0.6 is 11.3 Å². The van der Waals surface area contributed by atoms with Crippen molar-refractivity contribution in [1.29, 1.82) is 0 Å². The average molecular weight is 290 g/mol. The van der Waals surface area contributed by atoms with E-state index in [4.69, 9.17) is 0 Å². The van der Waals surface area contributed by atoms with Crippen LogP contribution in [0.5, 0.6) is 0 Å². The zero-order valence-electron chi connectivity index (χ0n) is 12.3. The molecule has 2 aromatic rings. The zero-order chi connectivity index (χ0) is 14.3. The summed E-state index contributed by atoms with van der Waals surface area (Å²) < 4.78 is 2.31. The second-order valence-electron chi connectivity index (χ2n) is 6.70. The Morgan fingerprint density at radius 1 is 1.55 bits per heavy atom. The number of hydrogen-bond acceptors (Lipinski definition) is 3. The summed E-state index contributed by atoms with van der Waals surface area (Å²) in [6, 6.07) is 2.09. The average Bonchev–Trinajstić information content (AvgIpc) is 2.98. The topological polar surface area (TPSA) is 38.0 Å². The minimum atomic E-state index is -0.315. The van der Waals surface area contributed by atoms with E-state index in [1.54, 1.807) is 11.3 Å². The van der Waals surface area contributed by atoms with E-state index in [9.17, 15) is 5.11 Å². The SMILES string of the molecule is CC(Cn1ccc2c1CC(C)(C)CC2O)c1nccs1. The molecule has 0 spiro atoms. The second-order valence-corrected chi connectivity index (χ2v) is 7.63. The van der Waals surface area contributed by atoms with Crippen molar-refractivity contribution < 1.29 is 5.11 Å². The highest BCUT2D eigenvalue weighted by molar-refractivity contribution is 7.09. The number of thiazole rings is 1. The molecule has 2 heterocycles. The summed E-state index contributed by atoms with van der Waals surface area (Å²) in [5, 5.41) is 13.5. The standard InChI is InChI=1S/C16H22N2OS/c1-11(15-17-5-7-20-15)10-18-6-4-12-13(18)8-16(2,3)9-14(12)19/h4-7,11,14,19H,8-10H2,1-3H3. The van der Waals surface area contributed by atoms with Gasteiger partial charge in [0.15, 0.2) is 0 Å². The Labute approximate surface area is 124 Å². The fourth-order valence-electron chi connectivity index (χ4n) is 3.21. The largest absolute Gasteiger partial charge is 0.388 e. The van der Waals surface area contributed by atoms with Crippen LogP contribution in [0.1, 0.15) is 55.5 Å². The number of hydrogen-bond donors (Lipinski definition) is 1. The Hall–Kier alpha value is -1.13. The molecule has 0 aromatic carbocycles. The minimum absolute atomic E-state index is 0.174. The van der Waals surface area contributed by atoms with E-state index < -0.39 is 0 Å². The monoisotopic (exact) mass is 290 g/mol. The molecule has 0 radical (unpaired) electrons. The van der Waals surface area contributed by atoms with Crippen LogP contribution in [0.2, 0.25) is 0 Å². The molecule has 1 aliphatic rings. The predicted molar refractivity (Wildman–Crippen MR) is 82.0 cm³/mol. The summed E-state index contributed by atoms with van der Waals surface area (Å²) in [6.07, 6.45) is 5.57. The smallest absolute Gasteiger partial charge is 0.0970 e. The number of aliphatic hydroxyl groups is 1. The van der Waals surface area contributed by atoms with E-state index in [-0.39, 0.29) is 11.5 Å². The van der Waals surface area contributed by atoms with E-state index in [0.29, 0.717) is 5.92 Å². The molecule has 1 N–H and O–H groups in total. The summed E-state index contributed by atoms with van der Waals surface area (Å²) >= 11 is 1.72. The molecule has 20 heavy (non-hydrogen) atoms. The van der Waals surface area contributed by atoms with Gasteiger partial charge in [0, 0.05) is 41.5 Å². The molecule has 1 aliphatic carbocycles. The summed E-state index contributed by atoms with van der Waals surface area (Å²) in [5.74, 6) is 0.411. The molecule has 0 saturated carbocycles. The second kappa shape index (κ2) is 5.01. The Balaban J connectivity index is 1.86. The normalized spacial score (nSPS) is 22.5. The third-order valence-corrected chi connectivity index (χ3v) is 5.22. The maximum atomic E-state index is 10.3. The molecule has 0 saturated heterocycles. The van der Waals surface area contributed by atoms with Crippen LogP contribution in [0.25, 0.3) is 0 Å². The van der Waals surface area contributed by atoms with Gasteiger partial charge < -0.3 is 9.67 Å². The van der Waals surface area contributed by atoms with E-state index in [2.05, 4.69) is 42.6 Å². The minimum Gasteiger partial charge on any atom is -0.388 e. The summed E-state index contributed by atoms with van der Waals surface area (Å²) in [7, 11) is 0. The Morgan fingerprint density at radius 3 is 3.05 bits per heavy atom. The van der Waals surface area contributed by atoms with Crippen molar-refractivity contribution in [3.63, 3.8) is 0 Å². The Morgan fingerprint density at radius 2 is 2.35 bits per heavy atom. The maximum absolute atomic E-state index is 10.3. The van der Waals surface area contributed by atoms with E-state index in [1.807, 2.05) is 11.6 Å². The molecule has 0 fully saturated rings.